The lowest BCUT2D eigenvalue weighted by atomic mass is 9.44. The molecule has 0 bridgehead atoms. The molecule has 0 aromatic carbocycles. The zero-order valence-corrected chi connectivity index (χ0v) is 18.8. The van der Waals surface area contributed by atoms with Crippen molar-refractivity contribution in [1.29, 1.82) is 0 Å². The van der Waals surface area contributed by atoms with E-state index in [1.165, 1.54) is 0 Å². The molecule has 0 aromatic heterocycles. The van der Waals surface area contributed by atoms with Crippen LogP contribution in [0.15, 0.2) is 5.16 Å². The first-order chi connectivity index (χ1) is 15.0. The number of amides is 1. The van der Waals surface area contributed by atoms with Crippen LogP contribution in [0.4, 0.5) is 13.2 Å². The first-order valence-corrected chi connectivity index (χ1v) is 11.9. The van der Waals surface area contributed by atoms with E-state index in [1.807, 2.05) is 0 Å². The maximum absolute atomic E-state index is 12.2. The third kappa shape index (κ3) is 4.04. The number of fused-ring (bicyclic) bond motifs is 5. The van der Waals surface area contributed by atoms with Crippen LogP contribution in [0.2, 0.25) is 0 Å². The van der Waals surface area contributed by atoms with E-state index in [9.17, 15) is 28.2 Å². The van der Waals surface area contributed by atoms with E-state index >= 15 is 0 Å². The number of nitrogens with one attached hydrogen (secondary N) is 1. The van der Waals surface area contributed by atoms with Crippen LogP contribution < -0.4 is 5.32 Å². The number of aliphatic hydroxyl groups is 2. The number of oxime groups is 1. The Morgan fingerprint density at radius 2 is 1.84 bits per heavy atom. The summed E-state index contributed by atoms with van der Waals surface area (Å²) in [6.45, 7) is 4.13. The van der Waals surface area contributed by atoms with Crippen LogP contribution in [0.5, 0.6) is 0 Å². The molecule has 4 aliphatic rings. The predicted octanol–water partition coefficient (Wildman–Crippen LogP) is 3.41. The van der Waals surface area contributed by atoms with Gasteiger partial charge in [-0.2, -0.15) is 13.2 Å². The number of hydrogen-bond acceptors (Lipinski definition) is 5. The number of nitrogens with zero attached hydrogens (tertiary/aromatic N) is 1. The van der Waals surface area contributed by atoms with Gasteiger partial charge in [-0.05, 0) is 85.9 Å². The fourth-order valence-electron chi connectivity index (χ4n) is 7.60. The Morgan fingerprint density at radius 3 is 2.56 bits per heavy atom. The Bertz CT molecular complexity index is 760. The Morgan fingerprint density at radius 1 is 1.12 bits per heavy atom. The monoisotopic (exact) mass is 460 g/mol. The molecule has 32 heavy (non-hydrogen) atoms. The molecule has 0 saturated heterocycles. The summed E-state index contributed by atoms with van der Waals surface area (Å²) in [6.07, 6.45) is 1.46. The van der Waals surface area contributed by atoms with Gasteiger partial charge in [0, 0.05) is 0 Å². The van der Waals surface area contributed by atoms with Gasteiger partial charge in [0.05, 0.1) is 24.5 Å². The van der Waals surface area contributed by atoms with Crippen molar-refractivity contribution in [3.63, 3.8) is 0 Å². The molecule has 0 radical (unpaired) electrons. The average molecular weight is 461 g/mol. The molecule has 9 heteroatoms. The molecular formula is C23H35F3N2O4. The molecular weight excluding hydrogens is 425 g/mol. The minimum Gasteiger partial charge on any atom is -0.394 e. The lowest BCUT2D eigenvalue weighted by Crippen LogP contribution is -2.58. The van der Waals surface area contributed by atoms with Crippen LogP contribution in [-0.4, -0.2) is 53.4 Å². The van der Waals surface area contributed by atoms with Crippen molar-refractivity contribution >= 4 is 11.6 Å². The zero-order valence-electron chi connectivity index (χ0n) is 18.8. The first-order valence-electron chi connectivity index (χ1n) is 11.9. The van der Waals surface area contributed by atoms with Gasteiger partial charge in [0.15, 0.2) is 0 Å². The highest BCUT2D eigenvalue weighted by Gasteiger charge is 2.61. The summed E-state index contributed by atoms with van der Waals surface area (Å²) < 4.78 is 36.6. The van der Waals surface area contributed by atoms with E-state index in [-0.39, 0.29) is 36.0 Å². The molecule has 0 spiro atoms. The number of alkyl halides is 3. The number of rotatable bonds is 4. The predicted molar refractivity (Wildman–Crippen MR) is 112 cm³/mol. The van der Waals surface area contributed by atoms with Crippen molar-refractivity contribution in [3.05, 3.63) is 0 Å². The molecule has 0 heterocycles. The molecule has 0 aliphatic heterocycles. The van der Waals surface area contributed by atoms with Crippen molar-refractivity contribution in [1.82, 2.24) is 5.32 Å². The third-order valence-electron chi connectivity index (χ3n) is 9.40. The molecule has 0 aromatic rings. The SMILES string of the molecule is C[C@]12CC/C(=N\OCCNC(=O)C(F)(F)F)C[C@H]1[C@@H](O)C[C@@H]1[C@@H]2CC[C@]2(C)[C@@H](O)CC[C@@H]12. The molecule has 182 valence electrons. The molecule has 4 aliphatic carbocycles. The Kier molecular flexibility index (Phi) is 6.29. The average Bonchev–Trinajstić information content (AvgIpc) is 3.02. The lowest BCUT2D eigenvalue weighted by molar-refractivity contribution is -0.173. The summed E-state index contributed by atoms with van der Waals surface area (Å²) >= 11 is 0. The highest BCUT2D eigenvalue weighted by atomic mass is 19.4. The van der Waals surface area contributed by atoms with Crippen LogP contribution >= 0.6 is 0 Å². The van der Waals surface area contributed by atoms with Crippen LogP contribution in [0.3, 0.4) is 0 Å². The van der Waals surface area contributed by atoms with Gasteiger partial charge in [-0.1, -0.05) is 19.0 Å². The van der Waals surface area contributed by atoms with E-state index < -0.39 is 18.2 Å². The number of carbonyl (C=O) groups excluding carboxylic acids is 1. The Balaban J connectivity index is 1.36. The quantitative estimate of drug-likeness (QED) is 0.443. The van der Waals surface area contributed by atoms with Gasteiger partial charge in [-0.25, -0.2) is 0 Å². The van der Waals surface area contributed by atoms with Crippen molar-refractivity contribution < 1.29 is 33.0 Å². The third-order valence-corrected chi connectivity index (χ3v) is 9.40. The minimum atomic E-state index is -4.90. The molecule has 4 fully saturated rings. The van der Waals surface area contributed by atoms with Gasteiger partial charge in [-0.15, -0.1) is 0 Å². The van der Waals surface area contributed by atoms with Gasteiger partial charge in [-0.3, -0.25) is 4.79 Å². The maximum atomic E-state index is 12.2. The Labute approximate surface area is 187 Å². The van der Waals surface area contributed by atoms with Gasteiger partial charge in [0.1, 0.15) is 6.61 Å². The van der Waals surface area contributed by atoms with Crippen molar-refractivity contribution in [3.8, 4) is 0 Å². The van der Waals surface area contributed by atoms with E-state index in [2.05, 4.69) is 19.0 Å². The minimum absolute atomic E-state index is 0.0108. The summed E-state index contributed by atoms with van der Waals surface area (Å²) in [6, 6.07) is 0. The molecule has 4 saturated carbocycles. The summed E-state index contributed by atoms with van der Waals surface area (Å²) in [5.41, 5.74) is 0.807. The molecule has 1 amide bonds. The fraction of sp³-hybridized carbons (Fsp3) is 0.913. The summed E-state index contributed by atoms with van der Waals surface area (Å²) in [5.74, 6) is -0.469. The molecule has 0 unspecified atom stereocenters. The van der Waals surface area contributed by atoms with Gasteiger partial charge >= 0.3 is 12.1 Å². The standard InChI is InChI=1S/C23H35F3N2O4/c1-21-7-5-13(28-32-10-9-27-20(31)23(24,25)26)11-17(21)18(29)12-14-15-3-4-19(30)22(15,2)8-6-16(14)21/h14-19,29-30H,3-12H2,1-2H3,(H,27,31)/b28-13+/t14-,15-,16-,17-,18-,19-,21+,22-/m0/s1. The lowest BCUT2D eigenvalue weighted by Gasteiger charge is -2.61. The van der Waals surface area contributed by atoms with Crippen LogP contribution in [-0.2, 0) is 9.63 Å². The van der Waals surface area contributed by atoms with Crippen LogP contribution in [0.1, 0.15) is 65.2 Å². The molecule has 8 atom stereocenters. The van der Waals surface area contributed by atoms with E-state index in [1.54, 1.807) is 5.32 Å². The maximum Gasteiger partial charge on any atom is 0.471 e. The fourth-order valence-corrected chi connectivity index (χ4v) is 7.60. The van der Waals surface area contributed by atoms with E-state index in [0.717, 1.165) is 50.7 Å². The summed E-state index contributed by atoms with van der Waals surface area (Å²) in [4.78, 5) is 16.0. The molecule has 3 N–H and O–H groups in total. The van der Waals surface area contributed by atoms with Crippen molar-refractivity contribution in [2.75, 3.05) is 13.2 Å². The second-order valence-electron chi connectivity index (χ2n) is 10.9. The first kappa shape index (κ1) is 23.8. The second kappa shape index (κ2) is 8.46. The van der Waals surface area contributed by atoms with Crippen molar-refractivity contribution in [2.45, 2.75) is 83.6 Å². The molecule has 4 rings (SSSR count). The Hall–Kier alpha value is -1.35. The topological polar surface area (TPSA) is 91.2 Å². The number of hydrogen-bond donors (Lipinski definition) is 3. The smallest absolute Gasteiger partial charge is 0.394 e. The number of aliphatic hydroxyl groups excluding tert-OH is 2. The van der Waals surface area contributed by atoms with Gasteiger partial charge in [0.2, 0.25) is 0 Å². The summed E-state index contributed by atoms with van der Waals surface area (Å²) in [7, 11) is 0. The number of halogens is 3. The second-order valence-corrected chi connectivity index (χ2v) is 10.9. The molecule has 6 nitrogen and oxygen atoms in total. The highest BCUT2D eigenvalue weighted by Crippen LogP contribution is 2.66. The van der Waals surface area contributed by atoms with Crippen LogP contribution in [0, 0.1) is 34.5 Å². The van der Waals surface area contributed by atoms with Crippen molar-refractivity contribution in [2.24, 2.45) is 39.7 Å². The normalized spacial score (nSPS) is 45.0. The van der Waals surface area contributed by atoms with Gasteiger partial charge in [0.25, 0.3) is 0 Å². The highest BCUT2D eigenvalue weighted by molar-refractivity contribution is 5.85. The van der Waals surface area contributed by atoms with Gasteiger partial charge < -0.3 is 20.4 Å². The zero-order chi connectivity index (χ0) is 23.3. The summed E-state index contributed by atoms with van der Waals surface area (Å²) in [5, 5.41) is 27.6. The van der Waals surface area contributed by atoms with Crippen LogP contribution in [0.25, 0.3) is 0 Å². The van der Waals surface area contributed by atoms with E-state index in [4.69, 9.17) is 4.84 Å². The van der Waals surface area contributed by atoms with E-state index in [0.29, 0.717) is 24.2 Å². The largest absolute Gasteiger partial charge is 0.471 e. The number of carbonyl (C=O) groups is 1.